The second kappa shape index (κ2) is 19.9. The van der Waals surface area contributed by atoms with Crippen LogP contribution in [0.5, 0.6) is 5.75 Å². The molecule has 4 saturated heterocycles. The third kappa shape index (κ3) is 10.4. The first-order valence-electron chi connectivity index (χ1n) is 21.7. The lowest BCUT2D eigenvalue weighted by atomic mass is 9.97. The second-order valence-corrected chi connectivity index (χ2v) is 16.4. The maximum Gasteiger partial charge on any atom is 0.157 e. The topological polar surface area (TPSA) is 182 Å². The van der Waals surface area contributed by atoms with Gasteiger partial charge in [0.2, 0.25) is 0 Å². The van der Waals surface area contributed by atoms with Gasteiger partial charge >= 0.3 is 0 Å². The summed E-state index contributed by atoms with van der Waals surface area (Å²) >= 11 is 0. The van der Waals surface area contributed by atoms with Gasteiger partial charge in [0, 0.05) is 22.5 Å². The lowest BCUT2D eigenvalue weighted by molar-refractivity contribution is -0.317. The van der Waals surface area contributed by atoms with Crippen LogP contribution in [0.1, 0.15) is 59.3 Å². The van der Waals surface area contributed by atoms with Gasteiger partial charge in [0.15, 0.2) is 25.0 Å². The molecule has 14 nitrogen and oxygen atoms in total. The third-order valence-electron chi connectivity index (χ3n) is 11.8. The minimum absolute atomic E-state index is 0.249. The smallest absolute Gasteiger partial charge is 0.157 e. The fraction of sp³-hybridized carbons (Fsp3) is 0.511. The van der Waals surface area contributed by atoms with E-state index in [4.69, 9.17) is 38.1 Å². The van der Waals surface area contributed by atoms with Gasteiger partial charge in [-0.25, -0.2) is 4.98 Å². The van der Waals surface area contributed by atoms with Gasteiger partial charge in [-0.05, 0) is 79.9 Å². The highest BCUT2D eigenvalue weighted by Gasteiger charge is 2.49. The summed E-state index contributed by atoms with van der Waals surface area (Å²) in [7, 11) is 0. The van der Waals surface area contributed by atoms with Gasteiger partial charge in [0.1, 0.15) is 54.6 Å². The lowest BCUT2D eigenvalue weighted by Crippen LogP contribution is -2.64. The molecular formula is C47H59N3O11. The van der Waals surface area contributed by atoms with Crippen molar-refractivity contribution in [3.63, 3.8) is 0 Å². The lowest BCUT2D eigenvalue weighted by Gasteiger charge is -2.46. The summed E-state index contributed by atoms with van der Waals surface area (Å²) in [6.07, 6.45) is -2.63. The molecule has 0 radical (unpaired) electrons. The van der Waals surface area contributed by atoms with E-state index in [1.807, 2.05) is 60.7 Å². The first-order chi connectivity index (χ1) is 29.6. The van der Waals surface area contributed by atoms with Crippen molar-refractivity contribution in [1.29, 1.82) is 0 Å². The number of aromatic nitrogens is 1. The molecule has 0 aliphatic carbocycles. The van der Waals surface area contributed by atoms with Crippen molar-refractivity contribution in [1.82, 2.24) is 4.98 Å². The van der Waals surface area contributed by atoms with E-state index in [2.05, 4.69) is 41.8 Å². The number of benzene rings is 3. The minimum atomic E-state index is -1.22. The number of aliphatic hydroxyl groups excluding tert-OH is 4. The molecule has 3 aromatic carbocycles. The van der Waals surface area contributed by atoms with Gasteiger partial charge in [-0.1, -0.05) is 75.4 Å². The highest BCUT2D eigenvalue weighted by molar-refractivity contribution is 5.77. The van der Waals surface area contributed by atoms with Crippen molar-refractivity contribution in [3.8, 4) is 39.4 Å². The number of hydrogen-bond acceptors (Lipinski definition) is 14. The molecule has 4 aliphatic rings. The molecule has 0 saturated carbocycles. The van der Waals surface area contributed by atoms with Crippen molar-refractivity contribution in [2.24, 2.45) is 0 Å². The van der Waals surface area contributed by atoms with Crippen LogP contribution in [0, 0.1) is 0 Å². The van der Waals surface area contributed by atoms with E-state index < -0.39 is 73.9 Å². The SMILES string of the molecule is CCCCCCCCOc1ccc(-c2cc(-c3ccc(N[C@@H]4O[C@@H]5COC(C)O[C@H]5[C@H](O)[C@H]4O)cc3)nc(-c3ccc(N[C@@H]4O[C@@H]5COC(C)O[C@H]5[C@H](O)[C@H]4O)cc3)c2)cc1. The summed E-state index contributed by atoms with van der Waals surface area (Å²) in [5, 5.41) is 49.9. The summed E-state index contributed by atoms with van der Waals surface area (Å²) in [5.41, 5.74) is 6.57. The second-order valence-electron chi connectivity index (χ2n) is 16.4. The van der Waals surface area contributed by atoms with Crippen LogP contribution in [0.4, 0.5) is 11.4 Å². The average molecular weight is 842 g/mol. The van der Waals surface area contributed by atoms with Gasteiger partial charge in [0.05, 0.1) is 31.2 Å². The number of aliphatic hydroxyl groups is 4. The van der Waals surface area contributed by atoms with E-state index in [-0.39, 0.29) is 13.2 Å². The van der Waals surface area contributed by atoms with Crippen LogP contribution in [0.2, 0.25) is 0 Å². The van der Waals surface area contributed by atoms with E-state index in [0.29, 0.717) is 18.0 Å². The van der Waals surface area contributed by atoms with Crippen LogP contribution < -0.4 is 15.4 Å². The van der Waals surface area contributed by atoms with Crippen LogP contribution in [-0.2, 0) is 28.4 Å². The van der Waals surface area contributed by atoms with Crippen molar-refractivity contribution in [2.45, 2.75) is 133 Å². The average Bonchev–Trinajstić information content (AvgIpc) is 3.28. The van der Waals surface area contributed by atoms with Crippen LogP contribution in [0.25, 0.3) is 33.6 Å². The molecule has 0 amide bonds. The summed E-state index contributed by atoms with van der Waals surface area (Å²) < 4.78 is 40.7. The Kier molecular flexibility index (Phi) is 14.2. The van der Waals surface area contributed by atoms with Crippen LogP contribution in [0.3, 0.4) is 0 Å². The number of ether oxygens (including phenoxy) is 7. The van der Waals surface area contributed by atoms with E-state index >= 15 is 0 Å². The van der Waals surface area contributed by atoms with Gasteiger partial charge in [-0.3, -0.25) is 0 Å². The number of nitrogens with zero attached hydrogens (tertiary/aromatic N) is 1. The maximum atomic E-state index is 10.9. The van der Waals surface area contributed by atoms with Gasteiger partial charge in [0.25, 0.3) is 0 Å². The van der Waals surface area contributed by atoms with Gasteiger partial charge < -0.3 is 64.2 Å². The van der Waals surface area contributed by atoms with E-state index in [1.54, 1.807) is 13.8 Å². The molecule has 0 bridgehead atoms. The first kappa shape index (κ1) is 43.5. The predicted octanol–water partition coefficient (Wildman–Crippen LogP) is 6.06. The third-order valence-corrected chi connectivity index (χ3v) is 11.8. The summed E-state index contributed by atoms with van der Waals surface area (Å²) in [5.74, 6) is 0.833. The molecule has 2 unspecified atom stereocenters. The number of nitrogens with one attached hydrogen (secondary N) is 2. The Morgan fingerprint density at radius 1 is 0.557 bits per heavy atom. The summed E-state index contributed by atoms with van der Waals surface area (Å²) in [6, 6.07) is 27.6. The highest BCUT2D eigenvalue weighted by atomic mass is 16.7. The monoisotopic (exact) mass is 841 g/mol. The Morgan fingerprint density at radius 3 is 1.51 bits per heavy atom. The molecule has 4 aliphatic heterocycles. The molecule has 4 aromatic rings. The summed E-state index contributed by atoms with van der Waals surface area (Å²) in [4.78, 5) is 5.11. The highest BCUT2D eigenvalue weighted by Crippen LogP contribution is 2.35. The van der Waals surface area contributed by atoms with Gasteiger partial charge in [-0.2, -0.15) is 0 Å². The normalized spacial score (nSPS) is 31.1. The summed E-state index contributed by atoms with van der Waals surface area (Å²) in [6.45, 7) is 6.91. The molecule has 1 aromatic heterocycles. The fourth-order valence-electron chi connectivity index (χ4n) is 8.32. The Bertz CT molecular complexity index is 1890. The molecule has 6 N–H and O–H groups in total. The first-order valence-corrected chi connectivity index (χ1v) is 21.7. The molecular weight excluding hydrogens is 783 g/mol. The van der Waals surface area contributed by atoms with Gasteiger partial charge in [-0.15, -0.1) is 0 Å². The Morgan fingerprint density at radius 2 is 1.02 bits per heavy atom. The maximum absolute atomic E-state index is 10.9. The quantitative estimate of drug-likeness (QED) is 0.0760. The molecule has 5 heterocycles. The van der Waals surface area contributed by atoms with Crippen molar-refractivity contribution >= 4 is 11.4 Å². The number of unbranched alkanes of at least 4 members (excludes halogenated alkanes) is 5. The Hall–Kier alpha value is -4.19. The predicted molar refractivity (Wildman–Crippen MR) is 229 cm³/mol. The standard InChI is InChI=1S/C47H59N3O11/c1-4-5-6-7-8-9-22-55-35-20-14-29(15-21-35)32-23-36(30-10-16-33(17-11-30)48-46-42(53)40(51)44-38(60-46)25-56-27(2)58-44)50-37(24-32)31-12-18-34(19-13-31)49-47-43(54)41(52)45-39(61-47)26-57-28(3)59-45/h10-21,23-24,27-28,38-49,51-54H,4-9,22,25-26H2,1-3H3/t27?,28?,38-,39-,40-,41-,42-,43-,44-,45-,46-,47-/m1/s1. The molecule has 4 fully saturated rings. The molecule has 12 atom stereocenters. The molecule has 8 rings (SSSR count). The largest absolute Gasteiger partial charge is 0.494 e. The van der Waals surface area contributed by atoms with E-state index in [9.17, 15) is 20.4 Å². The van der Waals surface area contributed by atoms with E-state index in [1.165, 1.54) is 32.1 Å². The zero-order chi connectivity index (χ0) is 42.5. The minimum Gasteiger partial charge on any atom is -0.494 e. The fourth-order valence-corrected chi connectivity index (χ4v) is 8.32. The number of fused-ring (bicyclic) bond motifs is 2. The Labute approximate surface area is 357 Å². The number of pyridine rings is 1. The van der Waals surface area contributed by atoms with Crippen molar-refractivity contribution in [2.75, 3.05) is 30.5 Å². The number of rotatable bonds is 15. The zero-order valence-corrected chi connectivity index (χ0v) is 35.0. The Balaban J connectivity index is 0.998. The van der Waals surface area contributed by atoms with Crippen LogP contribution in [0.15, 0.2) is 84.9 Å². The van der Waals surface area contributed by atoms with Crippen molar-refractivity contribution < 1.29 is 53.6 Å². The zero-order valence-electron chi connectivity index (χ0n) is 35.0. The molecule has 0 spiro atoms. The van der Waals surface area contributed by atoms with Crippen molar-refractivity contribution in [3.05, 3.63) is 84.9 Å². The number of anilines is 2. The van der Waals surface area contributed by atoms with E-state index in [0.717, 1.165) is 45.8 Å². The van der Waals surface area contributed by atoms with Crippen LogP contribution >= 0.6 is 0 Å². The number of hydrogen-bond donors (Lipinski definition) is 6. The molecule has 328 valence electrons. The molecule has 14 heteroatoms. The van der Waals surface area contributed by atoms with Crippen LogP contribution in [-0.4, -0.2) is 119 Å². The molecule has 61 heavy (non-hydrogen) atoms.